The van der Waals surface area contributed by atoms with Gasteiger partial charge in [-0.1, -0.05) is 13.8 Å². The quantitative estimate of drug-likeness (QED) is 0.720. The molecule has 16 heavy (non-hydrogen) atoms. The van der Waals surface area contributed by atoms with Crippen molar-refractivity contribution in [2.45, 2.75) is 53.1 Å². The van der Waals surface area contributed by atoms with Gasteiger partial charge in [0, 0.05) is 18.8 Å². The van der Waals surface area contributed by atoms with Gasteiger partial charge in [0.15, 0.2) is 0 Å². The monoisotopic (exact) mass is 223 g/mol. The summed E-state index contributed by atoms with van der Waals surface area (Å²) in [6.45, 7) is 10.8. The normalized spacial score (nSPS) is 11.6. The third-order valence-electron chi connectivity index (χ3n) is 2.63. The van der Waals surface area contributed by atoms with Gasteiger partial charge in [-0.25, -0.2) is 0 Å². The minimum atomic E-state index is 0.453. The fourth-order valence-electron chi connectivity index (χ4n) is 1.61. The molecule has 3 nitrogen and oxygen atoms in total. The topological polar surface area (TPSA) is 29.9 Å². The standard InChI is InChI=1S/C13H25N3/c1-11(2)6-5-8-14-10-13-7-9-16(15-13)12(3)4/h7,9,11-12,14H,5-6,8,10H2,1-4H3. The van der Waals surface area contributed by atoms with E-state index in [4.69, 9.17) is 0 Å². The van der Waals surface area contributed by atoms with Gasteiger partial charge in [-0.2, -0.15) is 5.10 Å². The van der Waals surface area contributed by atoms with Crippen LogP contribution in [0.15, 0.2) is 12.3 Å². The van der Waals surface area contributed by atoms with E-state index in [0.29, 0.717) is 6.04 Å². The van der Waals surface area contributed by atoms with Crippen LogP contribution in [0.4, 0.5) is 0 Å². The molecule has 1 aromatic rings. The van der Waals surface area contributed by atoms with Crippen LogP contribution in [0.1, 0.15) is 52.3 Å². The fraction of sp³-hybridized carbons (Fsp3) is 0.769. The average Bonchev–Trinajstić information content (AvgIpc) is 2.65. The summed E-state index contributed by atoms with van der Waals surface area (Å²) in [5.74, 6) is 0.807. The number of rotatable bonds is 7. The molecule has 92 valence electrons. The number of aromatic nitrogens is 2. The highest BCUT2D eigenvalue weighted by Crippen LogP contribution is 2.04. The van der Waals surface area contributed by atoms with Crippen LogP contribution in [-0.4, -0.2) is 16.3 Å². The molecular weight excluding hydrogens is 198 g/mol. The molecule has 0 unspecified atom stereocenters. The third kappa shape index (κ3) is 4.79. The van der Waals surface area contributed by atoms with E-state index in [1.807, 2.05) is 4.68 Å². The Morgan fingerprint density at radius 1 is 1.31 bits per heavy atom. The fourth-order valence-corrected chi connectivity index (χ4v) is 1.61. The summed E-state index contributed by atoms with van der Waals surface area (Å²) in [5, 5.41) is 7.93. The Balaban J connectivity index is 2.17. The predicted molar refractivity (Wildman–Crippen MR) is 68.4 cm³/mol. The molecule has 1 rings (SSSR count). The van der Waals surface area contributed by atoms with Crippen LogP contribution < -0.4 is 5.32 Å². The Morgan fingerprint density at radius 2 is 2.06 bits per heavy atom. The average molecular weight is 223 g/mol. The zero-order valence-electron chi connectivity index (χ0n) is 11.0. The summed E-state index contributed by atoms with van der Waals surface area (Å²) in [4.78, 5) is 0. The van der Waals surface area contributed by atoms with Gasteiger partial charge in [0.05, 0.1) is 5.69 Å². The minimum Gasteiger partial charge on any atom is -0.311 e. The van der Waals surface area contributed by atoms with Gasteiger partial charge >= 0.3 is 0 Å². The molecule has 1 heterocycles. The summed E-state index contributed by atoms with van der Waals surface area (Å²) < 4.78 is 2.01. The summed E-state index contributed by atoms with van der Waals surface area (Å²) >= 11 is 0. The Labute approximate surface area is 99.2 Å². The van der Waals surface area contributed by atoms with Crippen LogP contribution in [-0.2, 0) is 6.54 Å². The molecule has 0 spiro atoms. The van der Waals surface area contributed by atoms with E-state index < -0.39 is 0 Å². The summed E-state index contributed by atoms with van der Waals surface area (Å²) in [7, 11) is 0. The predicted octanol–water partition coefficient (Wildman–Crippen LogP) is 2.99. The number of nitrogens with zero attached hydrogens (tertiary/aromatic N) is 2. The first-order chi connectivity index (χ1) is 7.59. The van der Waals surface area contributed by atoms with E-state index in [0.717, 1.165) is 24.7 Å². The molecule has 1 N–H and O–H groups in total. The van der Waals surface area contributed by atoms with Crippen LogP contribution in [0.2, 0.25) is 0 Å². The van der Waals surface area contributed by atoms with Crippen molar-refractivity contribution >= 4 is 0 Å². The molecule has 0 aliphatic rings. The van der Waals surface area contributed by atoms with Crippen LogP contribution in [0.5, 0.6) is 0 Å². The number of hydrogen-bond donors (Lipinski definition) is 1. The second kappa shape index (κ2) is 6.69. The van der Waals surface area contributed by atoms with E-state index in [2.05, 4.69) is 50.4 Å². The lowest BCUT2D eigenvalue weighted by atomic mass is 10.1. The zero-order chi connectivity index (χ0) is 12.0. The first kappa shape index (κ1) is 13.2. The molecule has 0 atom stereocenters. The van der Waals surface area contributed by atoms with Crippen molar-refractivity contribution in [1.82, 2.24) is 15.1 Å². The summed E-state index contributed by atoms with van der Waals surface area (Å²) in [6.07, 6.45) is 4.60. The van der Waals surface area contributed by atoms with Gasteiger partial charge in [-0.3, -0.25) is 4.68 Å². The molecule has 0 aromatic carbocycles. The summed E-state index contributed by atoms with van der Waals surface area (Å²) in [6, 6.07) is 2.55. The van der Waals surface area contributed by atoms with Crippen LogP contribution in [0.25, 0.3) is 0 Å². The molecule has 0 saturated heterocycles. The molecule has 0 aliphatic heterocycles. The molecule has 1 aromatic heterocycles. The van der Waals surface area contributed by atoms with Crippen molar-refractivity contribution in [2.24, 2.45) is 5.92 Å². The lowest BCUT2D eigenvalue weighted by Gasteiger charge is -2.06. The van der Waals surface area contributed by atoms with Crippen molar-refractivity contribution in [1.29, 1.82) is 0 Å². The maximum atomic E-state index is 4.50. The Kier molecular flexibility index (Phi) is 5.53. The first-order valence-electron chi connectivity index (χ1n) is 6.34. The highest BCUT2D eigenvalue weighted by atomic mass is 15.3. The molecule has 0 bridgehead atoms. The van der Waals surface area contributed by atoms with Crippen molar-refractivity contribution in [3.63, 3.8) is 0 Å². The van der Waals surface area contributed by atoms with Gasteiger partial charge < -0.3 is 5.32 Å². The third-order valence-corrected chi connectivity index (χ3v) is 2.63. The Hall–Kier alpha value is -0.830. The van der Waals surface area contributed by atoms with Crippen molar-refractivity contribution < 1.29 is 0 Å². The van der Waals surface area contributed by atoms with Gasteiger partial charge in [0.25, 0.3) is 0 Å². The lowest BCUT2D eigenvalue weighted by Crippen LogP contribution is -2.16. The molecular formula is C13H25N3. The maximum absolute atomic E-state index is 4.50. The highest BCUT2D eigenvalue weighted by molar-refractivity contribution is 4.98. The van der Waals surface area contributed by atoms with E-state index >= 15 is 0 Å². The first-order valence-corrected chi connectivity index (χ1v) is 6.34. The van der Waals surface area contributed by atoms with E-state index in [1.54, 1.807) is 0 Å². The minimum absolute atomic E-state index is 0.453. The van der Waals surface area contributed by atoms with Gasteiger partial charge in [-0.05, 0) is 45.2 Å². The number of hydrogen-bond acceptors (Lipinski definition) is 2. The lowest BCUT2D eigenvalue weighted by molar-refractivity contribution is 0.509. The van der Waals surface area contributed by atoms with Crippen molar-refractivity contribution in [2.75, 3.05) is 6.54 Å². The molecule has 0 radical (unpaired) electrons. The molecule has 0 amide bonds. The maximum Gasteiger partial charge on any atom is 0.0762 e. The smallest absolute Gasteiger partial charge is 0.0762 e. The largest absolute Gasteiger partial charge is 0.311 e. The van der Waals surface area contributed by atoms with E-state index in [1.165, 1.54) is 12.8 Å². The molecule has 3 heteroatoms. The highest BCUT2D eigenvalue weighted by Gasteiger charge is 2.01. The van der Waals surface area contributed by atoms with Crippen molar-refractivity contribution in [3.05, 3.63) is 18.0 Å². The number of nitrogens with one attached hydrogen (secondary N) is 1. The SMILES string of the molecule is CC(C)CCCNCc1ccn(C(C)C)n1. The van der Waals surface area contributed by atoms with Crippen molar-refractivity contribution in [3.8, 4) is 0 Å². The molecule has 0 fully saturated rings. The van der Waals surface area contributed by atoms with Gasteiger partial charge in [-0.15, -0.1) is 0 Å². The van der Waals surface area contributed by atoms with Gasteiger partial charge in [0.1, 0.15) is 0 Å². The van der Waals surface area contributed by atoms with E-state index in [9.17, 15) is 0 Å². The molecule has 0 aliphatic carbocycles. The Bertz CT molecular complexity index is 289. The second-order valence-corrected chi connectivity index (χ2v) is 5.09. The Morgan fingerprint density at radius 3 is 2.62 bits per heavy atom. The zero-order valence-corrected chi connectivity index (χ0v) is 11.0. The van der Waals surface area contributed by atoms with Gasteiger partial charge in [0.2, 0.25) is 0 Å². The van der Waals surface area contributed by atoms with Crippen LogP contribution >= 0.6 is 0 Å². The second-order valence-electron chi connectivity index (χ2n) is 5.09. The molecule has 0 saturated carbocycles. The summed E-state index contributed by atoms with van der Waals surface area (Å²) in [5.41, 5.74) is 1.14. The van der Waals surface area contributed by atoms with Crippen LogP contribution in [0, 0.1) is 5.92 Å². The van der Waals surface area contributed by atoms with Crippen LogP contribution in [0.3, 0.4) is 0 Å². The van der Waals surface area contributed by atoms with E-state index in [-0.39, 0.29) is 0 Å².